The first-order chi connectivity index (χ1) is 6.68. The summed E-state index contributed by atoms with van der Waals surface area (Å²) >= 11 is 0. The number of hydrogen-bond donors (Lipinski definition) is 2. The van der Waals surface area contributed by atoms with Crippen molar-refractivity contribution in [3.05, 3.63) is 0 Å². The summed E-state index contributed by atoms with van der Waals surface area (Å²) in [4.78, 5) is 10.6. The van der Waals surface area contributed by atoms with Gasteiger partial charge in [-0.1, -0.05) is 0 Å². The number of aliphatic hydroxyl groups excluding tert-OH is 1. The van der Waals surface area contributed by atoms with Crippen LogP contribution >= 0.6 is 0 Å². The van der Waals surface area contributed by atoms with E-state index >= 15 is 0 Å². The predicted molar refractivity (Wildman–Crippen MR) is 50.5 cm³/mol. The molecule has 0 aromatic heterocycles. The number of nitrogens with one attached hydrogen (secondary N) is 1. The maximum Gasteiger partial charge on any atom is 0.0431 e. The first kappa shape index (κ1) is 11.5. The molecule has 1 rings (SSSR count). The highest BCUT2D eigenvalue weighted by molar-refractivity contribution is 5.65. The van der Waals surface area contributed by atoms with Gasteiger partial charge in [0.25, 0.3) is 0 Å². The fourth-order valence-electron chi connectivity index (χ4n) is 2.23. The zero-order valence-corrected chi connectivity index (χ0v) is 8.42. The fraction of sp³-hybridized carbons (Fsp3) is 0.900. The Bertz CT molecular complexity index is 188. The third-order valence-electron chi connectivity index (χ3n) is 3.05. The summed E-state index contributed by atoms with van der Waals surface area (Å²) in [6, 6.07) is 0. The number of carbonyl (C=O) groups is 1. The lowest BCUT2D eigenvalue weighted by molar-refractivity contribution is -0.308. The second-order valence-electron chi connectivity index (χ2n) is 4.13. The van der Waals surface area contributed by atoms with Crippen molar-refractivity contribution in [1.82, 2.24) is 5.32 Å². The quantitative estimate of drug-likeness (QED) is 0.613. The predicted octanol–water partition coefficient (Wildman–Crippen LogP) is -0.731. The number of rotatable bonds is 5. The zero-order chi connectivity index (χ0) is 10.4. The molecule has 0 aliphatic carbocycles. The lowest BCUT2D eigenvalue weighted by Crippen LogP contribution is -2.41. The van der Waals surface area contributed by atoms with Crippen LogP contribution in [-0.2, 0) is 4.79 Å². The monoisotopic (exact) mass is 200 g/mol. The van der Waals surface area contributed by atoms with Gasteiger partial charge in [0, 0.05) is 12.6 Å². The van der Waals surface area contributed by atoms with Gasteiger partial charge in [-0.3, -0.25) is 0 Å². The molecule has 4 heteroatoms. The topological polar surface area (TPSA) is 72.4 Å². The van der Waals surface area contributed by atoms with Crippen molar-refractivity contribution in [2.75, 3.05) is 19.7 Å². The van der Waals surface area contributed by atoms with Crippen LogP contribution in [-0.4, -0.2) is 30.8 Å². The number of hydrogen-bond acceptors (Lipinski definition) is 4. The van der Waals surface area contributed by atoms with Crippen LogP contribution in [0.5, 0.6) is 0 Å². The molecular formula is C10H18NO3-. The summed E-state index contributed by atoms with van der Waals surface area (Å²) < 4.78 is 0. The van der Waals surface area contributed by atoms with E-state index in [-0.39, 0.29) is 18.4 Å². The Hall–Kier alpha value is -0.610. The van der Waals surface area contributed by atoms with E-state index < -0.39 is 5.97 Å². The Kier molecular flexibility index (Phi) is 4.35. The summed E-state index contributed by atoms with van der Waals surface area (Å²) in [5.41, 5.74) is -0.132. The lowest BCUT2D eigenvalue weighted by Gasteiger charge is -2.38. The summed E-state index contributed by atoms with van der Waals surface area (Å²) in [7, 11) is 0. The van der Waals surface area contributed by atoms with Gasteiger partial charge in [-0.25, -0.2) is 0 Å². The number of carboxylic acid groups (broad SMARTS) is 1. The normalized spacial score (nSPS) is 20.6. The molecular weight excluding hydrogens is 182 g/mol. The highest BCUT2D eigenvalue weighted by Gasteiger charge is 2.31. The molecule has 0 unspecified atom stereocenters. The summed E-state index contributed by atoms with van der Waals surface area (Å²) in [5, 5.41) is 22.6. The minimum Gasteiger partial charge on any atom is -0.550 e. The van der Waals surface area contributed by atoms with Crippen molar-refractivity contribution < 1.29 is 15.0 Å². The highest BCUT2D eigenvalue weighted by Crippen LogP contribution is 2.37. The van der Waals surface area contributed by atoms with Crippen molar-refractivity contribution in [3.63, 3.8) is 0 Å². The molecule has 0 saturated carbocycles. The van der Waals surface area contributed by atoms with Gasteiger partial charge in [-0.15, -0.1) is 0 Å². The van der Waals surface area contributed by atoms with Crippen molar-refractivity contribution in [2.45, 2.75) is 32.1 Å². The third kappa shape index (κ3) is 3.27. The van der Waals surface area contributed by atoms with Crippen molar-refractivity contribution >= 4 is 5.97 Å². The van der Waals surface area contributed by atoms with E-state index in [4.69, 9.17) is 5.11 Å². The Morgan fingerprint density at radius 3 is 2.57 bits per heavy atom. The number of aliphatic hydroxyl groups is 1. The van der Waals surface area contributed by atoms with Crippen LogP contribution in [0.25, 0.3) is 0 Å². The summed E-state index contributed by atoms with van der Waals surface area (Å²) in [6.45, 7) is 1.89. The van der Waals surface area contributed by atoms with E-state index in [1.165, 1.54) is 0 Å². The van der Waals surface area contributed by atoms with Crippen LogP contribution in [0, 0.1) is 5.41 Å². The SMILES string of the molecule is O=C([O-])CC1(CCCO)CCNCC1. The van der Waals surface area contributed by atoms with Gasteiger partial charge < -0.3 is 20.3 Å². The first-order valence-electron chi connectivity index (χ1n) is 5.20. The minimum atomic E-state index is -0.968. The summed E-state index contributed by atoms with van der Waals surface area (Å²) in [6.07, 6.45) is 3.36. The average Bonchev–Trinajstić information content (AvgIpc) is 2.15. The Morgan fingerprint density at radius 2 is 2.07 bits per heavy atom. The molecule has 0 amide bonds. The Balaban J connectivity index is 2.52. The summed E-state index contributed by atoms with van der Waals surface area (Å²) in [5.74, 6) is -0.968. The molecule has 4 nitrogen and oxygen atoms in total. The van der Waals surface area contributed by atoms with Crippen LogP contribution in [0.2, 0.25) is 0 Å². The van der Waals surface area contributed by atoms with Gasteiger partial charge in [0.2, 0.25) is 0 Å². The van der Waals surface area contributed by atoms with E-state index in [1.54, 1.807) is 0 Å². The largest absolute Gasteiger partial charge is 0.550 e. The molecule has 2 N–H and O–H groups in total. The van der Waals surface area contributed by atoms with Crippen LogP contribution in [0.1, 0.15) is 32.1 Å². The number of aliphatic carboxylic acids is 1. The molecule has 1 heterocycles. The standard InChI is InChI=1S/C10H19NO3/c12-7-1-2-10(8-9(13)14)3-5-11-6-4-10/h11-12H,1-8H2,(H,13,14)/p-1. The maximum atomic E-state index is 10.6. The number of carbonyl (C=O) groups excluding carboxylic acids is 1. The average molecular weight is 200 g/mol. The molecule has 1 aliphatic rings. The van der Waals surface area contributed by atoms with Gasteiger partial charge in [-0.05, 0) is 50.6 Å². The Morgan fingerprint density at radius 1 is 1.43 bits per heavy atom. The van der Waals surface area contributed by atoms with Crippen LogP contribution in [0.3, 0.4) is 0 Å². The van der Waals surface area contributed by atoms with Gasteiger partial charge >= 0.3 is 0 Å². The molecule has 1 aliphatic heterocycles. The molecule has 0 radical (unpaired) electrons. The van der Waals surface area contributed by atoms with Gasteiger partial charge in [0.1, 0.15) is 0 Å². The molecule has 1 fully saturated rings. The van der Waals surface area contributed by atoms with Crippen LogP contribution < -0.4 is 10.4 Å². The molecule has 1 saturated heterocycles. The number of piperidine rings is 1. The molecule has 0 aromatic carbocycles. The second-order valence-corrected chi connectivity index (χ2v) is 4.13. The molecule has 14 heavy (non-hydrogen) atoms. The lowest BCUT2D eigenvalue weighted by atomic mass is 9.73. The highest BCUT2D eigenvalue weighted by atomic mass is 16.4. The molecule has 0 aromatic rings. The number of carboxylic acids is 1. The molecule has 0 spiro atoms. The van der Waals surface area contributed by atoms with Crippen LogP contribution in [0.4, 0.5) is 0 Å². The van der Waals surface area contributed by atoms with Crippen molar-refractivity contribution in [3.8, 4) is 0 Å². The fourth-order valence-corrected chi connectivity index (χ4v) is 2.23. The third-order valence-corrected chi connectivity index (χ3v) is 3.05. The van der Waals surface area contributed by atoms with Gasteiger partial charge in [0.05, 0.1) is 0 Å². The van der Waals surface area contributed by atoms with E-state index in [0.29, 0.717) is 6.42 Å². The van der Waals surface area contributed by atoms with Gasteiger partial charge in [-0.2, -0.15) is 0 Å². The van der Waals surface area contributed by atoms with Crippen molar-refractivity contribution in [2.24, 2.45) is 5.41 Å². The van der Waals surface area contributed by atoms with E-state index in [0.717, 1.165) is 32.4 Å². The molecule has 0 atom stereocenters. The van der Waals surface area contributed by atoms with E-state index in [9.17, 15) is 9.90 Å². The van der Waals surface area contributed by atoms with E-state index in [1.807, 2.05) is 0 Å². The first-order valence-corrected chi connectivity index (χ1v) is 5.20. The van der Waals surface area contributed by atoms with E-state index in [2.05, 4.69) is 5.32 Å². The maximum absolute atomic E-state index is 10.6. The smallest absolute Gasteiger partial charge is 0.0431 e. The Labute approximate surface area is 84.3 Å². The van der Waals surface area contributed by atoms with Gasteiger partial charge in [0.15, 0.2) is 0 Å². The second kappa shape index (κ2) is 5.32. The minimum absolute atomic E-state index is 0.132. The van der Waals surface area contributed by atoms with Crippen LogP contribution in [0.15, 0.2) is 0 Å². The van der Waals surface area contributed by atoms with Crippen molar-refractivity contribution in [1.29, 1.82) is 0 Å². The molecule has 0 bridgehead atoms. The zero-order valence-electron chi connectivity index (χ0n) is 8.42. The molecule has 82 valence electrons.